The molecule has 5 nitrogen and oxygen atoms in total. The second-order valence-corrected chi connectivity index (χ2v) is 4.93. The molecule has 5 heteroatoms. The van der Waals surface area contributed by atoms with E-state index < -0.39 is 0 Å². The molecule has 1 saturated heterocycles. The molecule has 0 aromatic heterocycles. The van der Waals surface area contributed by atoms with Gasteiger partial charge in [-0.15, -0.1) is 0 Å². The summed E-state index contributed by atoms with van der Waals surface area (Å²) in [5, 5.41) is 0. The normalized spacial score (nSPS) is 16.1. The Bertz CT molecular complexity index is 430. The van der Waals surface area contributed by atoms with E-state index in [1.165, 1.54) is 0 Å². The molecule has 1 fully saturated rings. The Morgan fingerprint density at radius 2 is 2.11 bits per heavy atom. The van der Waals surface area contributed by atoms with Crippen molar-refractivity contribution in [2.24, 2.45) is 11.8 Å². The molecular weight excluding hydrogens is 242 g/mol. The number of nitrogens with zero attached hydrogens (tertiary/aromatic N) is 1. The molecule has 1 aromatic carbocycles. The van der Waals surface area contributed by atoms with Gasteiger partial charge in [0, 0.05) is 26.8 Å². The van der Waals surface area contributed by atoms with Gasteiger partial charge in [-0.3, -0.25) is 10.6 Å². The van der Waals surface area contributed by atoms with Crippen LogP contribution in [0.25, 0.3) is 0 Å². The molecular formula is C14H21N3O2. The molecule has 0 aliphatic carbocycles. The number of para-hydroxylation sites is 1. The monoisotopic (exact) mass is 263 g/mol. The fraction of sp³-hybridized carbons (Fsp3) is 0.500. The highest BCUT2D eigenvalue weighted by Gasteiger charge is 2.20. The Labute approximate surface area is 113 Å². The number of carbonyl (C=O) groups excluding carboxylic acids is 1. The van der Waals surface area contributed by atoms with Gasteiger partial charge in [-0.05, 0) is 30.9 Å². The molecule has 0 radical (unpaired) electrons. The lowest BCUT2D eigenvalue weighted by molar-refractivity contribution is 0.0497. The predicted octanol–water partition coefficient (Wildman–Crippen LogP) is 1.47. The van der Waals surface area contributed by atoms with Crippen LogP contribution in [0.4, 0.5) is 5.69 Å². The zero-order valence-corrected chi connectivity index (χ0v) is 11.3. The summed E-state index contributed by atoms with van der Waals surface area (Å²) < 4.78 is 5.33. The number of carbonyl (C=O) groups is 1. The molecule has 1 aromatic rings. The average Bonchev–Trinajstić information content (AvgIpc) is 2.47. The summed E-state index contributed by atoms with van der Waals surface area (Å²) in [6.45, 7) is 2.36. The van der Waals surface area contributed by atoms with Crippen molar-refractivity contribution in [1.29, 1.82) is 0 Å². The number of hydrazine groups is 1. The van der Waals surface area contributed by atoms with Crippen molar-refractivity contribution < 1.29 is 9.53 Å². The van der Waals surface area contributed by atoms with Gasteiger partial charge in [0.15, 0.2) is 0 Å². The third-order valence-corrected chi connectivity index (χ3v) is 3.53. The fourth-order valence-electron chi connectivity index (χ4n) is 2.40. The van der Waals surface area contributed by atoms with Crippen LogP contribution in [-0.4, -0.2) is 37.6 Å². The number of hydrogen-bond acceptors (Lipinski definition) is 4. The summed E-state index contributed by atoms with van der Waals surface area (Å²) in [6, 6.07) is 7.29. The van der Waals surface area contributed by atoms with E-state index in [1.54, 1.807) is 17.0 Å². The van der Waals surface area contributed by atoms with Gasteiger partial charge in [0.25, 0.3) is 5.91 Å². The molecule has 3 N–H and O–H groups in total. The molecule has 1 amide bonds. The molecule has 104 valence electrons. The molecule has 1 heterocycles. The number of hydrogen-bond donors (Lipinski definition) is 2. The van der Waals surface area contributed by atoms with Gasteiger partial charge in [-0.2, -0.15) is 0 Å². The van der Waals surface area contributed by atoms with E-state index in [0.717, 1.165) is 32.6 Å². The summed E-state index contributed by atoms with van der Waals surface area (Å²) in [7, 11) is 1.84. The molecule has 1 aliphatic heterocycles. The van der Waals surface area contributed by atoms with Crippen LogP contribution < -0.4 is 11.3 Å². The summed E-state index contributed by atoms with van der Waals surface area (Å²) >= 11 is 0. The summed E-state index contributed by atoms with van der Waals surface area (Å²) in [5.74, 6) is 5.96. The number of nitrogen functional groups attached to an aromatic ring is 1. The molecule has 0 spiro atoms. The molecule has 0 atom stereocenters. The Balaban J connectivity index is 2.01. The topological polar surface area (TPSA) is 67.6 Å². The highest BCUT2D eigenvalue weighted by molar-refractivity contribution is 5.99. The quantitative estimate of drug-likeness (QED) is 0.637. The number of amides is 1. The van der Waals surface area contributed by atoms with Gasteiger partial charge in [0.2, 0.25) is 0 Å². The Morgan fingerprint density at radius 3 is 2.79 bits per heavy atom. The average molecular weight is 263 g/mol. The van der Waals surface area contributed by atoms with Crippen molar-refractivity contribution in [1.82, 2.24) is 4.90 Å². The maximum atomic E-state index is 12.4. The maximum absolute atomic E-state index is 12.4. The van der Waals surface area contributed by atoms with E-state index in [4.69, 9.17) is 10.6 Å². The van der Waals surface area contributed by atoms with Crippen molar-refractivity contribution >= 4 is 11.6 Å². The minimum absolute atomic E-state index is 0.0000387. The van der Waals surface area contributed by atoms with Crippen LogP contribution in [0, 0.1) is 5.92 Å². The van der Waals surface area contributed by atoms with E-state index in [-0.39, 0.29) is 5.91 Å². The van der Waals surface area contributed by atoms with Crippen LogP contribution in [0.2, 0.25) is 0 Å². The van der Waals surface area contributed by atoms with Crippen molar-refractivity contribution in [3.05, 3.63) is 29.8 Å². The van der Waals surface area contributed by atoms with Gasteiger partial charge in [0.05, 0.1) is 11.3 Å². The number of anilines is 1. The number of rotatable bonds is 4. The van der Waals surface area contributed by atoms with Crippen LogP contribution in [0.15, 0.2) is 24.3 Å². The second-order valence-electron chi connectivity index (χ2n) is 4.93. The van der Waals surface area contributed by atoms with Crippen molar-refractivity contribution in [2.75, 3.05) is 32.2 Å². The second kappa shape index (κ2) is 6.54. The first-order valence-corrected chi connectivity index (χ1v) is 6.61. The number of benzene rings is 1. The Morgan fingerprint density at radius 1 is 1.42 bits per heavy atom. The Hall–Kier alpha value is -1.59. The number of nitrogens with two attached hydrogens (primary N) is 1. The van der Waals surface area contributed by atoms with Crippen molar-refractivity contribution in [3.8, 4) is 0 Å². The van der Waals surface area contributed by atoms with E-state index in [1.807, 2.05) is 19.2 Å². The van der Waals surface area contributed by atoms with Gasteiger partial charge in [-0.25, -0.2) is 0 Å². The zero-order chi connectivity index (χ0) is 13.7. The molecule has 0 bridgehead atoms. The van der Waals surface area contributed by atoms with Crippen LogP contribution in [0.3, 0.4) is 0 Å². The first-order valence-electron chi connectivity index (χ1n) is 6.61. The lowest BCUT2D eigenvalue weighted by atomic mass is 9.99. The van der Waals surface area contributed by atoms with Gasteiger partial charge >= 0.3 is 0 Å². The SMILES string of the molecule is CN(CC1CCOCC1)C(=O)c1ccccc1NN. The highest BCUT2D eigenvalue weighted by atomic mass is 16.5. The van der Waals surface area contributed by atoms with Gasteiger partial charge in [0.1, 0.15) is 0 Å². The highest BCUT2D eigenvalue weighted by Crippen LogP contribution is 2.19. The van der Waals surface area contributed by atoms with Crippen LogP contribution in [-0.2, 0) is 4.74 Å². The van der Waals surface area contributed by atoms with E-state index in [2.05, 4.69) is 5.43 Å². The van der Waals surface area contributed by atoms with Crippen LogP contribution in [0.1, 0.15) is 23.2 Å². The van der Waals surface area contributed by atoms with E-state index in [9.17, 15) is 4.79 Å². The molecule has 19 heavy (non-hydrogen) atoms. The first-order chi connectivity index (χ1) is 9.22. The maximum Gasteiger partial charge on any atom is 0.255 e. The Kier molecular flexibility index (Phi) is 4.76. The van der Waals surface area contributed by atoms with Crippen molar-refractivity contribution in [2.45, 2.75) is 12.8 Å². The molecule has 0 unspecified atom stereocenters. The fourth-order valence-corrected chi connectivity index (χ4v) is 2.40. The summed E-state index contributed by atoms with van der Waals surface area (Å²) in [4.78, 5) is 14.2. The summed E-state index contributed by atoms with van der Waals surface area (Å²) in [5.41, 5.74) is 3.84. The van der Waals surface area contributed by atoms with Gasteiger partial charge < -0.3 is 15.1 Å². The predicted molar refractivity (Wildman–Crippen MR) is 74.8 cm³/mol. The third-order valence-electron chi connectivity index (χ3n) is 3.53. The minimum atomic E-state index is 0.0000387. The van der Waals surface area contributed by atoms with Gasteiger partial charge in [-0.1, -0.05) is 12.1 Å². The lowest BCUT2D eigenvalue weighted by Crippen LogP contribution is -2.34. The largest absolute Gasteiger partial charge is 0.381 e. The summed E-state index contributed by atoms with van der Waals surface area (Å²) in [6.07, 6.45) is 2.04. The molecule has 2 rings (SSSR count). The standard InChI is InChI=1S/C14H21N3O2/c1-17(10-11-6-8-19-9-7-11)14(18)12-4-2-3-5-13(12)16-15/h2-5,11,16H,6-10,15H2,1H3. The lowest BCUT2D eigenvalue weighted by Gasteiger charge is -2.27. The minimum Gasteiger partial charge on any atom is -0.381 e. The van der Waals surface area contributed by atoms with E-state index in [0.29, 0.717) is 17.2 Å². The molecule has 0 saturated carbocycles. The zero-order valence-electron chi connectivity index (χ0n) is 11.3. The third kappa shape index (κ3) is 3.45. The van der Waals surface area contributed by atoms with Crippen LogP contribution in [0.5, 0.6) is 0 Å². The van der Waals surface area contributed by atoms with Crippen molar-refractivity contribution in [3.63, 3.8) is 0 Å². The molecule has 1 aliphatic rings. The smallest absolute Gasteiger partial charge is 0.255 e. The number of nitrogens with one attached hydrogen (secondary N) is 1. The number of ether oxygens (including phenoxy) is 1. The van der Waals surface area contributed by atoms with Crippen LogP contribution >= 0.6 is 0 Å². The van der Waals surface area contributed by atoms with E-state index >= 15 is 0 Å². The first kappa shape index (κ1) is 13.8.